The first kappa shape index (κ1) is 19.5. The Bertz CT molecular complexity index is 1140. The van der Waals surface area contributed by atoms with E-state index in [1.165, 1.54) is 16.8 Å². The third-order valence-electron chi connectivity index (χ3n) is 4.29. The number of fused-ring (bicyclic) bond motifs is 1. The largest absolute Gasteiger partial charge is 0.486 e. The number of ether oxygens (including phenoxy) is 2. The second kappa shape index (κ2) is 8.30. The molecule has 30 heavy (non-hydrogen) atoms. The van der Waals surface area contributed by atoms with Crippen LogP contribution in [-0.4, -0.2) is 34.8 Å². The molecule has 152 valence electrons. The van der Waals surface area contributed by atoms with Crippen molar-refractivity contribution in [3.63, 3.8) is 0 Å². The second-order valence-electron chi connectivity index (χ2n) is 6.41. The van der Waals surface area contributed by atoms with Crippen molar-refractivity contribution in [1.29, 1.82) is 0 Å². The van der Waals surface area contributed by atoms with Gasteiger partial charge in [-0.15, -0.1) is 0 Å². The van der Waals surface area contributed by atoms with Crippen LogP contribution in [0.3, 0.4) is 0 Å². The molecule has 1 aromatic heterocycles. The fourth-order valence-corrected chi connectivity index (χ4v) is 3.15. The fourth-order valence-electron chi connectivity index (χ4n) is 2.88. The van der Waals surface area contributed by atoms with Gasteiger partial charge in [0.1, 0.15) is 18.9 Å². The summed E-state index contributed by atoms with van der Waals surface area (Å²) in [7, 11) is 0. The minimum atomic E-state index is -0.594. The Kier molecular flexibility index (Phi) is 5.40. The van der Waals surface area contributed by atoms with Gasteiger partial charge in [-0.1, -0.05) is 11.6 Å². The van der Waals surface area contributed by atoms with Crippen molar-refractivity contribution >= 4 is 35.2 Å². The van der Waals surface area contributed by atoms with E-state index >= 15 is 0 Å². The van der Waals surface area contributed by atoms with Crippen LogP contribution in [0.5, 0.6) is 11.5 Å². The topological polar surface area (TPSA) is 108 Å². The van der Waals surface area contributed by atoms with Gasteiger partial charge in [0, 0.05) is 18.0 Å². The second-order valence-corrected chi connectivity index (χ2v) is 6.81. The van der Waals surface area contributed by atoms with E-state index in [9.17, 15) is 9.59 Å². The molecule has 0 saturated heterocycles. The molecule has 0 saturated carbocycles. The molecule has 0 unspecified atom stereocenters. The zero-order valence-electron chi connectivity index (χ0n) is 15.7. The number of hydrogen-bond donors (Lipinski definition) is 2. The molecular weight excluding hydrogens is 408 g/mol. The van der Waals surface area contributed by atoms with Crippen LogP contribution in [0.15, 0.2) is 54.7 Å². The zero-order chi connectivity index (χ0) is 21.1. The van der Waals surface area contributed by atoms with Gasteiger partial charge in [-0.3, -0.25) is 9.59 Å². The minimum absolute atomic E-state index is 0.178. The van der Waals surface area contributed by atoms with E-state index in [4.69, 9.17) is 26.8 Å². The molecule has 3 aromatic rings. The molecule has 0 aliphatic carbocycles. The van der Waals surface area contributed by atoms with Crippen LogP contribution >= 0.6 is 11.6 Å². The van der Waals surface area contributed by atoms with Crippen LogP contribution in [0.1, 0.15) is 16.1 Å². The smallest absolute Gasteiger partial charge is 0.269 e. The summed E-state index contributed by atoms with van der Waals surface area (Å²) < 4.78 is 12.5. The Labute approximate surface area is 176 Å². The predicted octanol–water partition coefficient (Wildman–Crippen LogP) is 3.05. The van der Waals surface area contributed by atoms with Gasteiger partial charge in [0.2, 0.25) is 5.91 Å². The van der Waals surface area contributed by atoms with Gasteiger partial charge in [-0.05, 0) is 54.1 Å². The van der Waals surface area contributed by atoms with Gasteiger partial charge in [0.25, 0.3) is 5.91 Å². The van der Waals surface area contributed by atoms with Gasteiger partial charge in [0.15, 0.2) is 11.5 Å². The van der Waals surface area contributed by atoms with Gasteiger partial charge in [-0.25, -0.2) is 4.68 Å². The minimum Gasteiger partial charge on any atom is -0.486 e. The van der Waals surface area contributed by atoms with Crippen LogP contribution in [0, 0.1) is 0 Å². The first-order valence-electron chi connectivity index (χ1n) is 9.04. The van der Waals surface area contributed by atoms with E-state index in [0.717, 1.165) is 11.3 Å². The van der Waals surface area contributed by atoms with Crippen LogP contribution in [0.4, 0.5) is 5.69 Å². The van der Waals surface area contributed by atoms with Crippen molar-refractivity contribution in [2.24, 2.45) is 5.73 Å². The lowest BCUT2D eigenvalue weighted by Crippen LogP contribution is -2.15. The quantitative estimate of drug-likeness (QED) is 0.612. The van der Waals surface area contributed by atoms with E-state index in [1.807, 2.05) is 0 Å². The van der Waals surface area contributed by atoms with E-state index in [-0.39, 0.29) is 11.6 Å². The maximum atomic E-state index is 12.2. The van der Waals surface area contributed by atoms with Gasteiger partial charge < -0.3 is 20.5 Å². The van der Waals surface area contributed by atoms with Crippen molar-refractivity contribution in [2.45, 2.75) is 0 Å². The molecular formula is C21H17ClN4O4. The lowest BCUT2D eigenvalue weighted by Gasteiger charge is -2.19. The zero-order valence-corrected chi connectivity index (χ0v) is 16.4. The number of nitrogens with one attached hydrogen (secondary N) is 1. The van der Waals surface area contributed by atoms with E-state index in [1.54, 1.807) is 48.7 Å². The Morgan fingerprint density at radius 2 is 1.90 bits per heavy atom. The molecule has 2 heterocycles. The van der Waals surface area contributed by atoms with Crippen LogP contribution in [0.25, 0.3) is 11.8 Å². The number of nitrogens with zero attached hydrogens (tertiary/aromatic N) is 2. The molecule has 9 heteroatoms. The maximum Gasteiger partial charge on any atom is 0.269 e. The van der Waals surface area contributed by atoms with E-state index in [2.05, 4.69) is 10.4 Å². The fraction of sp³-hybridized carbons (Fsp3) is 0.0952. The predicted molar refractivity (Wildman–Crippen MR) is 112 cm³/mol. The summed E-state index contributed by atoms with van der Waals surface area (Å²) in [6.45, 7) is 0.908. The van der Waals surface area contributed by atoms with Crippen molar-refractivity contribution < 1.29 is 19.1 Å². The number of carbonyl (C=O) groups is 2. The molecule has 0 radical (unpaired) electrons. The van der Waals surface area contributed by atoms with Gasteiger partial charge >= 0.3 is 0 Å². The maximum absolute atomic E-state index is 12.2. The molecule has 0 atom stereocenters. The Morgan fingerprint density at radius 3 is 2.63 bits per heavy atom. The summed E-state index contributed by atoms with van der Waals surface area (Å²) in [5.41, 5.74) is 7.44. The molecule has 8 nitrogen and oxygen atoms in total. The third-order valence-corrected chi connectivity index (χ3v) is 4.57. The number of halogens is 1. The lowest BCUT2D eigenvalue weighted by molar-refractivity contribution is -0.111. The summed E-state index contributed by atoms with van der Waals surface area (Å²) in [4.78, 5) is 23.4. The highest BCUT2D eigenvalue weighted by Crippen LogP contribution is 2.38. The number of hydrogen-bond acceptors (Lipinski definition) is 5. The average molecular weight is 425 g/mol. The highest BCUT2D eigenvalue weighted by molar-refractivity contribution is 6.32. The molecule has 0 bridgehead atoms. The number of amides is 2. The molecule has 0 spiro atoms. The summed E-state index contributed by atoms with van der Waals surface area (Å²) in [6, 6.07) is 12.0. The molecule has 1 aliphatic rings. The number of rotatable bonds is 5. The molecule has 2 amide bonds. The van der Waals surface area contributed by atoms with Crippen molar-refractivity contribution in [3.8, 4) is 17.2 Å². The molecule has 3 N–H and O–H groups in total. The van der Waals surface area contributed by atoms with Crippen molar-refractivity contribution in [2.75, 3.05) is 18.5 Å². The molecule has 2 aromatic carbocycles. The molecule has 4 rings (SSSR count). The summed E-state index contributed by atoms with van der Waals surface area (Å²) in [6.07, 6.45) is 4.68. The Balaban J connectivity index is 1.41. The number of aromatic nitrogens is 2. The van der Waals surface area contributed by atoms with Crippen LogP contribution in [0.2, 0.25) is 5.02 Å². The van der Waals surface area contributed by atoms with Crippen LogP contribution in [-0.2, 0) is 4.79 Å². The number of benzene rings is 2. The highest BCUT2D eigenvalue weighted by Gasteiger charge is 2.16. The highest BCUT2D eigenvalue weighted by atomic mass is 35.5. The normalized spacial score (nSPS) is 12.7. The monoisotopic (exact) mass is 424 g/mol. The molecule has 1 aliphatic heterocycles. The Morgan fingerprint density at radius 1 is 1.13 bits per heavy atom. The van der Waals surface area contributed by atoms with Gasteiger partial charge in [-0.2, -0.15) is 5.10 Å². The summed E-state index contributed by atoms with van der Waals surface area (Å²) in [5, 5.41) is 7.29. The number of primary amides is 1. The van der Waals surface area contributed by atoms with E-state index < -0.39 is 5.91 Å². The average Bonchev–Trinajstić information content (AvgIpc) is 3.24. The first-order chi connectivity index (χ1) is 14.5. The number of nitrogens with two attached hydrogens (primary N) is 1. The lowest BCUT2D eigenvalue weighted by atomic mass is 10.1. The SMILES string of the molecule is NC(=O)c1ccn(-c2ccc(NC(=O)/C=C/c3cc(Cl)c4c(c3)OCCO4)cc2)n1. The van der Waals surface area contributed by atoms with Gasteiger partial charge in [0.05, 0.1) is 10.7 Å². The van der Waals surface area contributed by atoms with Crippen molar-refractivity contribution in [1.82, 2.24) is 9.78 Å². The van der Waals surface area contributed by atoms with Crippen molar-refractivity contribution in [3.05, 3.63) is 71.0 Å². The summed E-state index contributed by atoms with van der Waals surface area (Å²) in [5.74, 6) is 0.180. The number of anilines is 1. The van der Waals surface area contributed by atoms with E-state index in [0.29, 0.717) is 35.4 Å². The van der Waals surface area contributed by atoms with Crippen LogP contribution < -0.4 is 20.5 Å². The number of carbonyl (C=O) groups excluding carboxylic acids is 2. The molecule has 0 fully saturated rings. The first-order valence-corrected chi connectivity index (χ1v) is 9.41. The third kappa shape index (κ3) is 4.28. The standard InChI is InChI=1S/C21H17ClN4O4/c22-16-11-13(12-18-20(16)30-10-9-29-18)1-6-19(27)24-14-2-4-15(5-3-14)26-8-7-17(25-26)21(23)28/h1-8,11-12H,9-10H2,(H2,23,28)(H,24,27)/b6-1+. The summed E-state index contributed by atoms with van der Waals surface area (Å²) >= 11 is 6.20. The Hall–Kier alpha value is -3.78.